The number of anilines is 1. The molecule has 2 heterocycles. The Balaban J connectivity index is 1.92. The van der Waals surface area contributed by atoms with E-state index in [-0.39, 0.29) is 17.9 Å². The molecule has 1 aromatic carbocycles. The van der Waals surface area contributed by atoms with Crippen LogP contribution in [0.1, 0.15) is 37.7 Å². The molecule has 7 nitrogen and oxygen atoms in total. The Kier molecular flexibility index (Phi) is 6.23. The van der Waals surface area contributed by atoms with Gasteiger partial charge in [-0.15, -0.1) is 0 Å². The molecule has 1 aliphatic rings. The Bertz CT molecular complexity index is 832. The summed E-state index contributed by atoms with van der Waals surface area (Å²) in [5.74, 6) is 1.13. The topological polar surface area (TPSA) is 78.4 Å². The summed E-state index contributed by atoms with van der Waals surface area (Å²) in [5, 5.41) is 2.98. The molecular formula is C21H27N5O2. The van der Waals surface area contributed by atoms with E-state index in [0.717, 1.165) is 12.0 Å². The zero-order valence-corrected chi connectivity index (χ0v) is 16.7. The number of rotatable bonds is 5. The van der Waals surface area contributed by atoms with Crippen molar-refractivity contribution in [1.82, 2.24) is 20.2 Å². The number of carbonyl (C=O) groups excluding carboxylic acids is 2. The van der Waals surface area contributed by atoms with E-state index in [1.54, 1.807) is 13.0 Å². The lowest BCUT2D eigenvalue weighted by Gasteiger charge is -2.35. The third-order valence-electron chi connectivity index (χ3n) is 5.02. The number of carbonyl (C=O) groups is 2. The number of nitrogens with one attached hydrogen (secondary N) is 1. The van der Waals surface area contributed by atoms with Gasteiger partial charge in [-0.25, -0.2) is 9.97 Å². The third-order valence-corrected chi connectivity index (χ3v) is 5.02. The second-order valence-corrected chi connectivity index (χ2v) is 7.08. The van der Waals surface area contributed by atoms with E-state index >= 15 is 0 Å². The van der Waals surface area contributed by atoms with Gasteiger partial charge < -0.3 is 15.1 Å². The second-order valence-electron chi connectivity index (χ2n) is 7.08. The van der Waals surface area contributed by atoms with E-state index < -0.39 is 0 Å². The monoisotopic (exact) mass is 381 g/mol. The summed E-state index contributed by atoms with van der Waals surface area (Å²) in [4.78, 5) is 37.4. The molecule has 148 valence electrons. The van der Waals surface area contributed by atoms with E-state index in [2.05, 4.69) is 15.2 Å². The fraction of sp³-hybridized carbons (Fsp3) is 0.429. The number of nitrogens with zero attached hydrogens (tertiary/aromatic N) is 4. The molecule has 0 spiro atoms. The molecule has 2 aromatic rings. The van der Waals surface area contributed by atoms with Crippen molar-refractivity contribution in [2.75, 3.05) is 31.1 Å². The average Bonchev–Trinajstić information content (AvgIpc) is 2.74. The lowest BCUT2D eigenvalue weighted by Crippen LogP contribution is -2.48. The van der Waals surface area contributed by atoms with Crippen molar-refractivity contribution < 1.29 is 9.59 Å². The van der Waals surface area contributed by atoms with Crippen LogP contribution in [0.2, 0.25) is 0 Å². The van der Waals surface area contributed by atoms with Gasteiger partial charge in [0.15, 0.2) is 5.82 Å². The van der Waals surface area contributed by atoms with E-state index in [1.165, 1.54) is 0 Å². The molecule has 1 N–H and O–H groups in total. The highest BCUT2D eigenvalue weighted by Crippen LogP contribution is 2.21. The van der Waals surface area contributed by atoms with E-state index in [4.69, 9.17) is 4.98 Å². The minimum atomic E-state index is -0.197. The molecule has 1 fully saturated rings. The lowest BCUT2D eigenvalue weighted by atomic mass is 10.2. The molecule has 1 saturated heterocycles. The maximum Gasteiger partial charge on any atom is 0.270 e. The van der Waals surface area contributed by atoms with Crippen molar-refractivity contribution in [2.24, 2.45) is 0 Å². The molecule has 1 atom stereocenters. The molecule has 1 aliphatic heterocycles. The summed E-state index contributed by atoms with van der Waals surface area (Å²) in [7, 11) is 0. The van der Waals surface area contributed by atoms with E-state index in [1.807, 2.05) is 49.1 Å². The average molecular weight is 381 g/mol. The van der Waals surface area contributed by atoms with Crippen LogP contribution in [-0.4, -0.2) is 58.9 Å². The first kappa shape index (κ1) is 19.8. The minimum absolute atomic E-state index is 0.0743. The zero-order chi connectivity index (χ0) is 20.1. The Morgan fingerprint density at radius 2 is 1.79 bits per heavy atom. The largest absolute Gasteiger partial charge is 0.353 e. The van der Waals surface area contributed by atoms with Crippen LogP contribution in [0.5, 0.6) is 0 Å². The van der Waals surface area contributed by atoms with Gasteiger partial charge >= 0.3 is 0 Å². The van der Waals surface area contributed by atoms with Gasteiger partial charge in [-0.3, -0.25) is 9.59 Å². The first-order valence-electron chi connectivity index (χ1n) is 9.73. The van der Waals surface area contributed by atoms with E-state index in [9.17, 15) is 9.59 Å². The van der Waals surface area contributed by atoms with Gasteiger partial charge in [-0.2, -0.15) is 0 Å². The molecule has 1 aromatic heterocycles. The molecule has 3 rings (SSSR count). The molecule has 2 amide bonds. The van der Waals surface area contributed by atoms with Gasteiger partial charge in [0.2, 0.25) is 5.91 Å². The van der Waals surface area contributed by atoms with Crippen molar-refractivity contribution in [1.29, 1.82) is 0 Å². The SMILES string of the molecule is CCC(C)NC(=O)c1cc(N2CCN(C(C)=O)CC2)nc(-c2ccccc2)n1. The first-order chi connectivity index (χ1) is 13.5. The fourth-order valence-corrected chi connectivity index (χ4v) is 3.08. The number of piperazine rings is 1. The van der Waals surface area contributed by atoms with Crippen LogP contribution >= 0.6 is 0 Å². The van der Waals surface area contributed by atoms with Crippen molar-refractivity contribution in [3.63, 3.8) is 0 Å². The molecule has 7 heteroatoms. The number of aromatic nitrogens is 2. The standard InChI is InChI=1S/C21H27N5O2/c1-4-15(2)22-21(28)18-14-19(26-12-10-25(11-13-26)16(3)27)24-20(23-18)17-8-6-5-7-9-17/h5-9,14-15H,4,10-13H2,1-3H3,(H,22,28). The number of amides is 2. The summed E-state index contributed by atoms with van der Waals surface area (Å²) in [6, 6.07) is 11.5. The van der Waals surface area contributed by atoms with Crippen LogP contribution in [-0.2, 0) is 4.79 Å². The number of hydrogen-bond acceptors (Lipinski definition) is 5. The zero-order valence-electron chi connectivity index (χ0n) is 16.7. The normalized spacial score (nSPS) is 15.2. The van der Waals surface area contributed by atoms with Crippen LogP contribution in [0, 0.1) is 0 Å². The van der Waals surface area contributed by atoms with Gasteiger partial charge in [0.1, 0.15) is 11.5 Å². The fourth-order valence-electron chi connectivity index (χ4n) is 3.08. The lowest BCUT2D eigenvalue weighted by molar-refractivity contribution is -0.129. The Morgan fingerprint density at radius 1 is 1.11 bits per heavy atom. The highest BCUT2D eigenvalue weighted by Gasteiger charge is 2.22. The van der Waals surface area contributed by atoms with Crippen molar-refractivity contribution in [3.05, 3.63) is 42.1 Å². The van der Waals surface area contributed by atoms with Crippen molar-refractivity contribution in [3.8, 4) is 11.4 Å². The van der Waals surface area contributed by atoms with Gasteiger partial charge in [0.25, 0.3) is 5.91 Å². The molecule has 0 bridgehead atoms. The summed E-state index contributed by atoms with van der Waals surface area (Å²) in [5.41, 5.74) is 1.22. The quantitative estimate of drug-likeness (QED) is 0.860. The van der Waals surface area contributed by atoms with Crippen LogP contribution in [0.3, 0.4) is 0 Å². The maximum absolute atomic E-state index is 12.7. The highest BCUT2D eigenvalue weighted by molar-refractivity contribution is 5.93. The Labute approximate surface area is 165 Å². The summed E-state index contributed by atoms with van der Waals surface area (Å²) in [6.45, 7) is 8.24. The van der Waals surface area contributed by atoms with Gasteiger partial charge in [0.05, 0.1) is 0 Å². The van der Waals surface area contributed by atoms with Crippen LogP contribution in [0.4, 0.5) is 5.82 Å². The van der Waals surface area contributed by atoms with E-state index in [0.29, 0.717) is 43.5 Å². The van der Waals surface area contributed by atoms with Crippen LogP contribution in [0.25, 0.3) is 11.4 Å². The summed E-state index contributed by atoms with van der Waals surface area (Å²) in [6.07, 6.45) is 0.849. The molecule has 0 saturated carbocycles. The van der Waals surface area contributed by atoms with Gasteiger partial charge in [-0.1, -0.05) is 37.3 Å². The summed E-state index contributed by atoms with van der Waals surface area (Å²) < 4.78 is 0. The first-order valence-corrected chi connectivity index (χ1v) is 9.73. The smallest absolute Gasteiger partial charge is 0.270 e. The number of hydrogen-bond donors (Lipinski definition) is 1. The number of benzene rings is 1. The van der Waals surface area contributed by atoms with Crippen LogP contribution in [0.15, 0.2) is 36.4 Å². The van der Waals surface area contributed by atoms with Gasteiger partial charge in [-0.05, 0) is 13.3 Å². The molecule has 28 heavy (non-hydrogen) atoms. The molecule has 0 radical (unpaired) electrons. The summed E-state index contributed by atoms with van der Waals surface area (Å²) >= 11 is 0. The van der Waals surface area contributed by atoms with Crippen LogP contribution < -0.4 is 10.2 Å². The maximum atomic E-state index is 12.7. The molecular weight excluding hydrogens is 354 g/mol. The molecule has 0 aliphatic carbocycles. The second kappa shape index (κ2) is 8.82. The predicted octanol–water partition coefficient (Wildman–Crippen LogP) is 2.34. The Morgan fingerprint density at radius 3 is 2.39 bits per heavy atom. The Hall–Kier alpha value is -2.96. The van der Waals surface area contributed by atoms with Crippen molar-refractivity contribution in [2.45, 2.75) is 33.2 Å². The van der Waals surface area contributed by atoms with Crippen molar-refractivity contribution >= 4 is 17.6 Å². The molecule has 1 unspecified atom stereocenters. The third kappa shape index (κ3) is 4.65. The predicted molar refractivity (Wildman–Crippen MR) is 109 cm³/mol. The highest BCUT2D eigenvalue weighted by atomic mass is 16.2. The minimum Gasteiger partial charge on any atom is -0.353 e. The van der Waals surface area contributed by atoms with Gasteiger partial charge in [0, 0.05) is 50.8 Å².